The van der Waals surface area contributed by atoms with E-state index in [1.807, 2.05) is 32.0 Å². The second-order valence-corrected chi connectivity index (χ2v) is 4.65. The largest absolute Gasteiger partial charge is 0.494 e. The number of hydrogen-bond acceptors (Lipinski definition) is 5. The van der Waals surface area contributed by atoms with Gasteiger partial charge in [-0.05, 0) is 26.0 Å². The van der Waals surface area contributed by atoms with E-state index in [4.69, 9.17) is 15.2 Å². The molecule has 0 saturated heterocycles. The minimum Gasteiger partial charge on any atom is -0.494 e. The second-order valence-electron chi connectivity index (χ2n) is 3.59. The van der Waals surface area contributed by atoms with Crippen LogP contribution in [0, 0.1) is 0 Å². The number of ether oxygens (including phenoxy) is 2. The van der Waals surface area contributed by atoms with Gasteiger partial charge in [0.1, 0.15) is 11.5 Å². The summed E-state index contributed by atoms with van der Waals surface area (Å²) < 4.78 is 11.1. The SMILES string of the molecule is CCOc1ccc(-c2cnc(N)s2)c(OCC)c1. The van der Waals surface area contributed by atoms with Crippen molar-refractivity contribution in [1.29, 1.82) is 0 Å². The minimum absolute atomic E-state index is 0.557. The summed E-state index contributed by atoms with van der Waals surface area (Å²) in [4.78, 5) is 5.06. The molecule has 4 nitrogen and oxygen atoms in total. The number of nitrogen functional groups attached to an aromatic ring is 1. The van der Waals surface area contributed by atoms with Gasteiger partial charge in [-0.3, -0.25) is 0 Å². The fourth-order valence-electron chi connectivity index (χ4n) is 1.65. The molecule has 96 valence electrons. The number of nitrogens with zero attached hydrogens (tertiary/aromatic N) is 1. The molecule has 0 aliphatic carbocycles. The van der Waals surface area contributed by atoms with E-state index < -0.39 is 0 Å². The van der Waals surface area contributed by atoms with Crippen molar-refractivity contribution in [2.24, 2.45) is 0 Å². The topological polar surface area (TPSA) is 57.4 Å². The van der Waals surface area contributed by atoms with Gasteiger partial charge in [0.05, 0.1) is 18.1 Å². The van der Waals surface area contributed by atoms with Crippen LogP contribution in [0.3, 0.4) is 0 Å². The van der Waals surface area contributed by atoms with E-state index in [9.17, 15) is 0 Å². The maximum Gasteiger partial charge on any atom is 0.180 e. The maximum atomic E-state index is 5.66. The molecular weight excluding hydrogens is 248 g/mol. The first kappa shape index (κ1) is 12.7. The normalized spacial score (nSPS) is 10.3. The molecule has 5 heteroatoms. The van der Waals surface area contributed by atoms with Crippen molar-refractivity contribution in [3.8, 4) is 21.9 Å². The second kappa shape index (κ2) is 5.73. The third kappa shape index (κ3) is 2.73. The molecule has 0 aliphatic rings. The highest BCUT2D eigenvalue weighted by atomic mass is 32.1. The van der Waals surface area contributed by atoms with E-state index in [2.05, 4.69) is 4.98 Å². The average molecular weight is 264 g/mol. The lowest BCUT2D eigenvalue weighted by atomic mass is 10.1. The lowest BCUT2D eigenvalue weighted by Gasteiger charge is -2.11. The molecule has 0 aliphatic heterocycles. The van der Waals surface area contributed by atoms with E-state index in [-0.39, 0.29) is 0 Å². The van der Waals surface area contributed by atoms with E-state index in [0.717, 1.165) is 21.9 Å². The van der Waals surface area contributed by atoms with Crippen molar-refractivity contribution >= 4 is 16.5 Å². The molecule has 2 rings (SSSR count). The quantitative estimate of drug-likeness (QED) is 0.901. The number of hydrogen-bond donors (Lipinski definition) is 1. The van der Waals surface area contributed by atoms with Gasteiger partial charge in [0.15, 0.2) is 5.13 Å². The van der Waals surface area contributed by atoms with Gasteiger partial charge < -0.3 is 15.2 Å². The van der Waals surface area contributed by atoms with Gasteiger partial charge in [-0.1, -0.05) is 11.3 Å². The maximum absolute atomic E-state index is 5.66. The highest BCUT2D eigenvalue weighted by molar-refractivity contribution is 7.18. The van der Waals surface area contributed by atoms with E-state index >= 15 is 0 Å². The number of anilines is 1. The van der Waals surface area contributed by atoms with Crippen molar-refractivity contribution in [3.05, 3.63) is 24.4 Å². The minimum atomic E-state index is 0.557. The third-order valence-electron chi connectivity index (χ3n) is 2.35. The van der Waals surface area contributed by atoms with Crippen molar-refractivity contribution in [3.63, 3.8) is 0 Å². The van der Waals surface area contributed by atoms with Gasteiger partial charge in [0.2, 0.25) is 0 Å². The van der Waals surface area contributed by atoms with Crippen LogP contribution in [0.4, 0.5) is 5.13 Å². The predicted octanol–water partition coefficient (Wildman–Crippen LogP) is 3.19. The number of rotatable bonds is 5. The summed E-state index contributed by atoms with van der Waals surface area (Å²) >= 11 is 1.45. The molecular formula is C13H16N2O2S. The van der Waals surface area contributed by atoms with Crippen LogP contribution in [0.25, 0.3) is 10.4 Å². The first-order valence-corrected chi connectivity index (χ1v) is 6.67. The fraction of sp³-hybridized carbons (Fsp3) is 0.308. The number of aromatic nitrogens is 1. The molecule has 1 aromatic carbocycles. The van der Waals surface area contributed by atoms with Crippen LogP contribution >= 0.6 is 11.3 Å². The third-order valence-corrected chi connectivity index (χ3v) is 3.21. The lowest BCUT2D eigenvalue weighted by molar-refractivity contribution is 0.324. The fourth-order valence-corrected chi connectivity index (χ4v) is 2.36. The monoisotopic (exact) mass is 264 g/mol. The Kier molecular flexibility index (Phi) is 4.04. The van der Waals surface area contributed by atoms with Gasteiger partial charge >= 0.3 is 0 Å². The van der Waals surface area contributed by atoms with Gasteiger partial charge in [0.25, 0.3) is 0 Å². The van der Waals surface area contributed by atoms with Crippen LogP contribution in [0.2, 0.25) is 0 Å². The summed E-state index contributed by atoms with van der Waals surface area (Å²) in [6.45, 7) is 5.16. The van der Waals surface area contributed by atoms with Gasteiger partial charge in [-0.15, -0.1) is 0 Å². The van der Waals surface area contributed by atoms with Crippen LogP contribution in [0.5, 0.6) is 11.5 Å². The van der Waals surface area contributed by atoms with Crippen LogP contribution in [-0.4, -0.2) is 18.2 Å². The summed E-state index contributed by atoms with van der Waals surface area (Å²) in [5.74, 6) is 1.61. The smallest absolute Gasteiger partial charge is 0.180 e. The van der Waals surface area contributed by atoms with Gasteiger partial charge in [-0.2, -0.15) is 0 Å². The summed E-state index contributed by atoms with van der Waals surface area (Å²) in [5, 5.41) is 0.557. The highest BCUT2D eigenvalue weighted by Crippen LogP contribution is 2.37. The predicted molar refractivity (Wildman–Crippen MR) is 74.3 cm³/mol. The molecule has 0 saturated carbocycles. The first-order valence-electron chi connectivity index (χ1n) is 5.86. The van der Waals surface area contributed by atoms with E-state index in [1.165, 1.54) is 11.3 Å². The van der Waals surface area contributed by atoms with Crippen LogP contribution in [0.15, 0.2) is 24.4 Å². The molecule has 2 aromatic rings. The van der Waals surface area contributed by atoms with Crippen LogP contribution in [0.1, 0.15) is 13.8 Å². The van der Waals surface area contributed by atoms with Crippen molar-refractivity contribution in [2.45, 2.75) is 13.8 Å². The Balaban J connectivity index is 2.39. The molecule has 1 heterocycles. The number of benzene rings is 1. The molecule has 18 heavy (non-hydrogen) atoms. The Hall–Kier alpha value is -1.75. The molecule has 0 unspecified atom stereocenters. The number of thiazole rings is 1. The Bertz CT molecular complexity index is 525. The molecule has 0 amide bonds. The van der Waals surface area contributed by atoms with Crippen LogP contribution < -0.4 is 15.2 Å². The molecule has 0 bridgehead atoms. The number of nitrogens with two attached hydrogens (primary N) is 1. The molecule has 0 radical (unpaired) electrons. The van der Waals surface area contributed by atoms with Crippen LogP contribution in [-0.2, 0) is 0 Å². The zero-order chi connectivity index (χ0) is 13.0. The Morgan fingerprint density at radius 3 is 2.61 bits per heavy atom. The molecule has 2 N–H and O–H groups in total. The van der Waals surface area contributed by atoms with Gasteiger partial charge in [0, 0.05) is 17.8 Å². The summed E-state index contributed by atoms with van der Waals surface area (Å²) in [7, 11) is 0. The summed E-state index contributed by atoms with van der Waals surface area (Å²) in [6.07, 6.45) is 1.76. The van der Waals surface area contributed by atoms with Crippen molar-refractivity contribution in [2.75, 3.05) is 18.9 Å². The first-order chi connectivity index (χ1) is 8.74. The molecule has 0 spiro atoms. The van der Waals surface area contributed by atoms with Gasteiger partial charge in [-0.25, -0.2) is 4.98 Å². The van der Waals surface area contributed by atoms with Crippen molar-refractivity contribution in [1.82, 2.24) is 4.98 Å². The molecule has 1 aromatic heterocycles. The standard InChI is InChI=1S/C13H16N2O2S/c1-3-16-9-5-6-10(11(7-9)17-4-2)12-8-15-13(14)18-12/h5-8H,3-4H2,1-2H3,(H2,14,15). The average Bonchev–Trinajstić information content (AvgIpc) is 2.77. The summed E-state index contributed by atoms with van der Waals surface area (Å²) in [5.41, 5.74) is 6.65. The lowest BCUT2D eigenvalue weighted by Crippen LogP contribution is -1.96. The summed E-state index contributed by atoms with van der Waals surface area (Å²) in [6, 6.07) is 5.80. The van der Waals surface area contributed by atoms with E-state index in [1.54, 1.807) is 6.20 Å². The van der Waals surface area contributed by atoms with Crippen molar-refractivity contribution < 1.29 is 9.47 Å². The molecule has 0 atom stereocenters. The van der Waals surface area contributed by atoms with E-state index in [0.29, 0.717) is 18.3 Å². The Morgan fingerprint density at radius 2 is 2.00 bits per heavy atom. The molecule has 0 fully saturated rings. The Morgan fingerprint density at radius 1 is 1.22 bits per heavy atom. The Labute approximate surface area is 110 Å². The zero-order valence-corrected chi connectivity index (χ0v) is 11.3. The highest BCUT2D eigenvalue weighted by Gasteiger charge is 2.10. The zero-order valence-electron chi connectivity index (χ0n) is 10.5.